The third-order valence-corrected chi connectivity index (χ3v) is 4.34. The fourth-order valence-electron chi connectivity index (χ4n) is 3.27. The molecule has 1 aromatic rings. The smallest absolute Gasteiger partial charge is 0.00966 e. The Morgan fingerprint density at radius 2 is 1.80 bits per heavy atom. The molecule has 1 aromatic carbocycles. The second-order valence-electron chi connectivity index (χ2n) is 7.94. The van der Waals surface area contributed by atoms with E-state index in [9.17, 15) is 0 Å². The van der Waals surface area contributed by atoms with E-state index in [4.69, 9.17) is 0 Å². The van der Waals surface area contributed by atoms with Crippen LogP contribution in [-0.4, -0.2) is 12.1 Å². The molecule has 3 atom stereocenters. The highest BCUT2D eigenvalue weighted by Gasteiger charge is 2.43. The van der Waals surface area contributed by atoms with Crippen molar-refractivity contribution in [3.8, 4) is 0 Å². The standard InChI is InChI=1S/C19H31N/c1-14(2)11-16(13-20-19(3,4)5)18-12-17(18)15-9-7-6-8-10-15/h6-10,14,16-18,20H,11-13H2,1-5H3. The highest BCUT2D eigenvalue weighted by Crippen LogP contribution is 2.53. The number of rotatable bonds is 6. The zero-order valence-electron chi connectivity index (χ0n) is 13.8. The molecule has 1 nitrogen and oxygen atoms in total. The first-order valence-electron chi connectivity index (χ1n) is 8.17. The van der Waals surface area contributed by atoms with Crippen molar-refractivity contribution in [2.75, 3.05) is 6.54 Å². The van der Waals surface area contributed by atoms with E-state index in [0.29, 0.717) is 0 Å². The maximum atomic E-state index is 3.72. The van der Waals surface area contributed by atoms with Crippen LogP contribution in [0.2, 0.25) is 0 Å². The lowest BCUT2D eigenvalue weighted by molar-refractivity contribution is 0.304. The van der Waals surface area contributed by atoms with Crippen LogP contribution in [-0.2, 0) is 0 Å². The summed E-state index contributed by atoms with van der Waals surface area (Å²) in [5.74, 6) is 3.30. The summed E-state index contributed by atoms with van der Waals surface area (Å²) in [7, 11) is 0. The molecule has 2 rings (SSSR count). The van der Waals surface area contributed by atoms with Crippen molar-refractivity contribution in [3.63, 3.8) is 0 Å². The van der Waals surface area contributed by atoms with Crippen molar-refractivity contribution < 1.29 is 0 Å². The third-order valence-electron chi connectivity index (χ3n) is 4.34. The van der Waals surface area contributed by atoms with E-state index in [-0.39, 0.29) is 5.54 Å². The predicted octanol–water partition coefficient (Wildman–Crippen LogP) is 4.84. The average molecular weight is 273 g/mol. The van der Waals surface area contributed by atoms with Gasteiger partial charge in [0.05, 0.1) is 0 Å². The van der Waals surface area contributed by atoms with Gasteiger partial charge in [0.15, 0.2) is 0 Å². The molecule has 0 bridgehead atoms. The van der Waals surface area contributed by atoms with Crippen LogP contribution < -0.4 is 5.32 Å². The summed E-state index contributed by atoms with van der Waals surface area (Å²) in [6.45, 7) is 12.7. The Labute approximate surface area is 125 Å². The van der Waals surface area contributed by atoms with Crippen molar-refractivity contribution in [3.05, 3.63) is 35.9 Å². The predicted molar refractivity (Wildman–Crippen MR) is 88.0 cm³/mol. The monoisotopic (exact) mass is 273 g/mol. The minimum absolute atomic E-state index is 0.229. The Kier molecular flexibility index (Phi) is 4.90. The van der Waals surface area contributed by atoms with Gasteiger partial charge in [-0.2, -0.15) is 0 Å². The molecular weight excluding hydrogens is 242 g/mol. The van der Waals surface area contributed by atoms with Gasteiger partial charge in [-0.15, -0.1) is 0 Å². The van der Waals surface area contributed by atoms with E-state index < -0.39 is 0 Å². The molecule has 0 saturated heterocycles. The molecule has 0 radical (unpaired) electrons. The zero-order valence-corrected chi connectivity index (χ0v) is 13.8. The first kappa shape index (κ1) is 15.6. The van der Waals surface area contributed by atoms with E-state index in [1.165, 1.54) is 12.8 Å². The summed E-state index contributed by atoms with van der Waals surface area (Å²) in [4.78, 5) is 0. The van der Waals surface area contributed by atoms with Gasteiger partial charge in [0.2, 0.25) is 0 Å². The molecule has 112 valence electrons. The van der Waals surface area contributed by atoms with Gasteiger partial charge < -0.3 is 5.32 Å². The van der Waals surface area contributed by atoms with Gasteiger partial charge in [-0.1, -0.05) is 44.2 Å². The molecule has 0 aromatic heterocycles. The van der Waals surface area contributed by atoms with Crippen LogP contribution >= 0.6 is 0 Å². The summed E-state index contributed by atoms with van der Waals surface area (Å²) in [5.41, 5.74) is 1.77. The van der Waals surface area contributed by atoms with Crippen LogP contribution in [0.4, 0.5) is 0 Å². The lowest BCUT2D eigenvalue weighted by Gasteiger charge is -2.26. The largest absolute Gasteiger partial charge is 0.312 e. The van der Waals surface area contributed by atoms with Crippen molar-refractivity contribution >= 4 is 0 Å². The molecule has 1 aliphatic carbocycles. The Morgan fingerprint density at radius 1 is 1.15 bits per heavy atom. The fourth-order valence-corrected chi connectivity index (χ4v) is 3.27. The lowest BCUT2D eigenvalue weighted by atomic mass is 9.90. The van der Waals surface area contributed by atoms with Gasteiger partial charge >= 0.3 is 0 Å². The Hall–Kier alpha value is -0.820. The number of hydrogen-bond acceptors (Lipinski definition) is 1. The molecular formula is C19H31N. The number of hydrogen-bond donors (Lipinski definition) is 1. The zero-order chi connectivity index (χ0) is 14.8. The van der Waals surface area contributed by atoms with Crippen molar-refractivity contribution in [2.24, 2.45) is 17.8 Å². The van der Waals surface area contributed by atoms with Crippen molar-refractivity contribution in [1.29, 1.82) is 0 Å². The maximum Gasteiger partial charge on any atom is 0.00966 e. The van der Waals surface area contributed by atoms with Crippen molar-refractivity contribution in [2.45, 2.75) is 58.9 Å². The highest BCUT2D eigenvalue weighted by atomic mass is 14.9. The molecule has 1 aliphatic rings. The first-order valence-corrected chi connectivity index (χ1v) is 8.17. The van der Waals surface area contributed by atoms with Gasteiger partial charge in [0.25, 0.3) is 0 Å². The fraction of sp³-hybridized carbons (Fsp3) is 0.684. The number of nitrogens with one attached hydrogen (secondary N) is 1. The molecule has 0 amide bonds. The topological polar surface area (TPSA) is 12.0 Å². The summed E-state index contributed by atoms with van der Waals surface area (Å²) in [6.07, 6.45) is 2.73. The van der Waals surface area contributed by atoms with Gasteiger partial charge in [-0.25, -0.2) is 0 Å². The quantitative estimate of drug-likeness (QED) is 0.782. The van der Waals surface area contributed by atoms with Gasteiger partial charge in [0.1, 0.15) is 0 Å². The van der Waals surface area contributed by atoms with E-state index in [1.54, 1.807) is 5.56 Å². The lowest BCUT2D eigenvalue weighted by Crippen LogP contribution is -2.40. The molecule has 1 saturated carbocycles. The van der Waals surface area contributed by atoms with Gasteiger partial charge in [0, 0.05) is 5.54 Å². The van der Waals surface area contributed by atoms with Crippen LogP contribution in [0.5, 0.6) is 0 Å². The first-order chi connectivity index (χ1) is 9.37. The second kappa shape index (κ2) is 6.30. The summed E-state index contributed by atoms with van der Waals surface area (Å²) < 4.78 is 0. The highest BCUT2D eigenvalue weighted by molar-refractivity contribution is 5.26. The van der Waals surface area contributed by atoms with Gasteiger partial charge in [-0.3, -0.25) is 0 Å². The van der Waals surface area contributed by atoms with E-state index >= 15 is 0 Å². The summed E-state index contributed by atoms with van der Waals surface area (Å²) in [5, 5.41) is 3.72. The Morgan fingerprint density at radius 3 is 2.35 bits per heavy atom. The van der Waals surface area contributed by atoms with Crippen molar-refractivity contribution in [1.82, 2.24) is 5.32 Å². The van der Waals surface area contributed by atoms with E-state index in [2.05, 4.69) is 70.3 Å². The minimum atomic E-state index is 0.229. The maximum absolute atomic E-state index is 3.72. The molecule has 0 heterocycles. The van der Waals surface area contributed by atoms with E-state index in [0.717, 1.165) is 30.2 Å². The molecule has 0 spiro atoms. The Bertz CT molecular complexity index is 402. The van der Waals surface area contributed by atoms with E-state index in [1.807, 2.05) is 0 Å². The van der Waals surface area contributed by atoms with Crippen LogP contribution in [0.1, 0.15) is 58.9 Å². The Balaban J connectivity index is 1.95. The van der Waals surface area contributed by atoms with Crippen LogP contribution in [0.25, 0.3) is 0 Å². The molecule has 20 heavy (non-hydrogen) atoms. The molecule has 1 fully saturated rings. The third kappa shape index (κ3) is 4.63. The summed E-state index contributed by atoms with van der Waals surface area (Å²) in [6, 6.07) is 11.1. The van der Waals surface area contributed by atoms with Crippen LogP contribution in [0, 0.1) is 17.8 Å². The molecule has 0 aliphatic heterocycles. The SMILES string of the molecule is CC(C)CC(CNC(C)(C)C)C1CC1c1ccccc1. The minimum Gasteiger partial charge on any atom is -0.312 e. The average Bonchev–Trinajstić information content (AvgIpc) is 3.14. The second-order valence-corrected chi connectivity index (χ2v) is 7.94. The van der Waals surface area contributed by atoms with Gasteiger partial charge in [-0.05, 0) is 69.4 Å². The molecule has 1 heteroatoms. The normalized spacial score (nSPS) is 23.9. The molecule has 1 N–H and O–H groups in total. The number of benzene rings is 1. The van der Waals surface area contributed by atoms with Crippen LogP contribution in [0.15, 0.2) is 30.3 Å². The van der Waals surface area contributed by atoms with Crippen LogP contribution in [0.3, 0.4) is 0 Å². The molecule has 3 unspecified atom stereocenters. The summed E-state index contributed by atoms with van der Waals surface area (Å²) >= 11 is 0.